The maximum atomic E-state index is 14.4. The van der Waals surface area contributed by atoms with Crippen molar-refractivity contribution in [2.45, 2.75) is 19.8 Å². The van der Waals surface area contributed by atoms with E-state index < -0.39 is 0 Å². The van der Waals surface area contributed by atoms with Gasteiger partial charge < -0.3 is 14.6 Å². The van der Waals surface area contributed by atoms with Crippen LogP contribution in [0.4, 0.5) is 4.39 Å². The van der Waals surface area contributed by atoms with E-state index in [1.165, 1.54) is 6.07 Å². The van der Waals surface area contributed by atoms with Crippen LogP contribution in [0.3, 0.4) is 0 Å². The maximum absolute atomic E-state index is 14.4. The monoisotopic (exact) mass is 495 g/mol. The molecule has 7 heteroatoms. The van der Waals surface area contributed by atoms with Gasteiger partial charge in [0, 0.05) is 35.8 Å². The molecule has 0 aliphatic heterocycles. The van der Waals surface area contributed by atoms with Gasteiger partial charge in [-0.25, -0.2) is 9.37 Å². The molecule has 2 aromatic carbocycles. The van der Waals surface area contributed by atoms with Crippen LogP contribution in [-0.4, -0.2) is 52.1 Å². The largest absolute Gasteiger partial charge is 0.490 e. The van der Waals surface area contributed by atoms with E-state index >= 15 is 0 Å². The predicted octanol–water partition coefficient (Wildman–Crippen LogP) is 6.06. The van der Waals surface area contributed by atoms with Crippen LogP contribution >= 0.6 is 0 Å². The zero-order valence-corrected chi connectivity index (χ0v) is 21.3. The molecule has 0 amide bonds. The fraction of sp³-hybridized carbons (Fsp3) is 0.233. The van der Waals surface area contributed by atoms with Gasteiger partial charge in [-0.2, -0.15) is 0 Å². The van der Waals surface area contributed by atoms with E-state index in [1.807, 2.05) is 63.5 Å². The summed E-state index contributed by atoms with van der Waals surface area (Å²) in [5.41, 5.74) is 6.24. The van der Waals surface area contributed by atoms with Crippen LogP contribution in [0.25, 0.3) is 33.5 Å². The van der Waals surface area contributed by atoms with Crippen molar-refractivity contribution in [3.63, 3.8) is 0 Å². The van der Waals surface area contributed by atoms with Crippen LogP contribution in [0.5, 0.6) is 5.75 Å². The van der Waals surface area contributed by atoms with Crippen LogP contribution in [0.2, 0.25) is 0 Å². The number of hydrogen-bond acceptors (Lipinski definition) is 5. The highest BCUT2D eigenvalue weighted by atomic mass is 19.1. The quantitative estimate of drug-likeness (QED) is 0.252. The number of pyridine rings is 2. The lowest BCUT2D eigenvalue weighted by Crippen LogP contribution is -2.15. The number of benzene rings is 2. The minimum atomic E-state index is -0.358. The summed E-state index contributed by atoms with van der Waals surface area (Å²) in [6, 6.07) is 21.1. The number of aromatic nitrogens is 4. The lowest BCUT2D eigenvalue weighted by Gasteiger charge is -2.11. The average molecular weight is 496 g/mol. The van der Waals surface area contributed by atoms with E-state index in [4.69, 9.17) is 14.7 Å². The number of nitrogens with zero attached hydrogens (tertiary/aromatic N) is 4. The van der Waals surface area contributed by atoms with Crippen molar-refractivity contribution in [1.29, 1.82) is 0 Å². The van der Waals surface area contributed by atoms with Crippen molar-refractivity contribution in [3.8, 4) is 28.4 Å². The summed E-state index contributed by atoms with van der Waals surface area (Å²) >= 11 is 0. The molecule has 6 nitrogen and oxygen atoms in total. The first-order chi connectivity index (χ1) is 18.0. The van der Waals surface area contributed by atoms with E-state index in [2.05, 4.69) is 20.9 Å². The van der Waals surface area contributed by atoms with Gasteiger partial charge in [-0.3, -0.25) is 9.97 Å². The predicted molar refractivity (Wildman–Crippen MR) is 145 cm³/mol. The molecule has 0 aliphatic rings. The lowest BCUT2D eigenvalue weighted by molar-refractivity contribution is 0.271. The Labute approximate surface area is 216 Å². The third-order valence-electron chi connectivity index (χ3n) is 6.15. The molecule has 0 radical (unpaired) electrons. The topological polar surface area (TPSA) is 66.9 Å². The molecule has 3 aromatic heterocycles. The van der Waals surface area contributed by atoms with E-state index in [9.17, 15) is 4.39 Å². The Balaban J connectivity index is 1.47. The normalized spacial score (nSPS) is 11.4. The summed E-state index contributed by atoms with van der Waals surface area (Å²) in [7, 11) is 4.02. The van der Waals surface area contributed by atoms with Crippen molar-refractivity contribution < 1.29 is 9.13 Å². The number of imidazole rings is 1. The molecule has 0 unspecified atom stereocenters. The van der Waals surface area contributed by atoms with Crippen LogP contribution in [-0.2, 0) is 6.42 Å². The average Bonchev–Trinajstić information content (AvgIpc) is 3.31. The SMILES string of the molecule is Cc1cccc(-c2[nH]c(Cc3ccc(F)c(OCCCN(C)C)c3)nc2-c2ccc3ncccc3c2)n1. The molecule has 0 bridgehead atoms. The Bertz CT molecular complexity index is 1530. The zero-order chi connectivity index (χ0) is 25.8. The molecule has 0 spiro atoms. The molecule has 5 rings (SSSR count). The Morgan fingerprint density at radius 1 is 0.973 bits per heavy atom. The molecule has 1 N–H and O–H groups in total. The summed E-state index contributed by atoms with van der Waals surface area (Å²) in [6.45, 7) is 3.32. The number of hydrogen-bond donors (Lipinski definition) is 1. The molecule has 37 heavy (non-hydrogen) atoms. The molecule has 188 valence electrons. The summed E-state index contributed by atoms with van der Waals surface area (Å²) in [5.74, 6) is 0.679. The first kappa shape index (κ1) is 24.6. The van der Waals surface area contributed by atoms with Gasteiger partial charge in [0.05, 0.1) is 29.2 Å². The highest BCUT2D eigenvalue weighted by Gasteiger charge is 2.17. The summed E-state index contributed by atoms with van der Waals surface area (Å²) in [5, 5.41) is 1.04. The van der Waals surface area contributed by atoms with Crippen LogP contribution < -0.4 is 4.74 Å². The molecule has 0 saturated heterocycles. The maximum Gasteiger partial charge on any atom is 0.165 e. The first-order valence-electron chi connectivity index (χ1n) is 12.4. The van der Waals surface area contributed by atoms with Gasteiger partial charge in [0.2, 0.25) is 0 Å². The molecule has 0 atom stereocenters. The third kappa shape index (κ3) is 5.84. The molecule has 0 aliphatic carbocycles. The third-order valence-corrected chi connectivity index (χ3v) is 6.15. The Morgan fingerprint density at radius 3 is 2.70 bits per heavy atom. The summed E-state index contributed by atoms with van der Waals surface area (Å²) in [6.07, 6.45) is 3.12. The second-order valence-electron chi connectivity index (χ2n) is 9.43. The zero-order valence-electron chi connectivity index (χ0n) is 21.3. The van der Waals surface area contributed by atoms with Crippen LogP contribution in [0, 0.1) is 12.7 Å². The van der Waals surface area contributed by atoms with Gasteiger partial charge in [-0.15, -0.1) is 0 Å². The standard InChI is InChI=1S/C30H30FN5O/c1-20-7-4-9-26(33-20)30-29(23-11-13-25-22(19-23)8-5-14-32-25)34-28(35-30)18-21-10-12-24(31)27(17-21)37-16-6-15-36(2)3/h4-5,7-14,17,19H,6,15-16,18H2,1-3H3,(H,34,35). The van der Waals surface area contributed by atoms with E-state index in [1.54, 1.807) is 18.3 Å². The molecule has 5 aromatic rings. The number of nitrogens with one attached hydrogen (secondary N) is 1. The molecule has 0 saturated carbocycles. The summed E-state index contributed by atoms with van der Waals surface area (Å²) in [4.78, 5) is 19.7. The fourth-order valence-electron chi connectivity index (χ4n) is 4.33. The number of rotatable bonds is 9. The summed E-state index contributed by atoms with van der Waals surface area (Å²) < 4.78 is 20.1. The van der Waals surface area contributed by atoms with Crippen molar-refractivity contribution >= 4 is 10.9 Å². The molecule has 0 fully saturated rings. The van der Waals surface area contributed by atoms with Gasteiger partial charge in [0.1, 0.15) is 5.82 Å². The van der Waals surface area contributed by atoms with E-state index in [0.29, 0.717) is 13.0 Å². The van der Waals surface area contributed by atoms with Gasteiger partial charge >= 0.3 is 0 Å². The van der Waals surface area contributed by atoms with Crippen LogP contribution in [0.15, 0.2) is 72.9 Å². The van der Waals surface area contributed by atoms with Crippen molar-refractivity contribution in [3.05, 3.63) is 95.8 Å². The number of aryl methyl sites for hydroxylation is 1. The van der Waals surface area contributed by atoms with Gasteiger partial charge in [0.15, 0.2) is 11.6 Å². The van der Waals surface area contributed by atoms with Crippen molar-refractivity contribution in [2.75, 3.05) is 27.2 Å². The van der Waals surface area contributed by atoms with E-state index in [0.717, 1.165) is 63.6 Å². The number of ether oxygens (including phenoxy) is 1. The first-order valence-corrected chi connectivity index (χ1v) is 12.4. The minimum absolute atomic E-state index is 0.269. The second-order valence-corrected chi connectivity index (χ2v) is 9.43. The smallest absolute Gasteiger partial charge is 0.165 e. The second kappa shape index (κ2) is 10.9. The highest BCUT2D eigenvalue weighted by molar-refractivity contribution is 5.86. The molecule has 3 heterocycles. The Hall–Kier alpha value is -4.10. The molecular weight excluding hydrogens is 465 g/mol. The fourth-order valence-corrected chi connectivity index (χ4v) is 4.33. The van der Waals surface area contributed by atoms with Gasteiger partial charge in [-0.05, 0) is 75.5 Å². The Morgan fingerprint density at radius 2 is 1.86 bits per heavy atom. The minimum Gasteiger partial charge on any atom is -0.490 e. The van der Waals surface area contributed by atoms with Crippen molar-refractivity contribution in [1.82, 2.24) is 24.8 Å². The number of halogens is 1. The number of H-pyrrole nitrogens is 1. The van der Waals surface area contributed by atoms with Gasteiger partial charge in [-0.1, -0.05) is 24.3 Å². The Kier molecular flexibility index (Phi) is 7.23. The van der Waals surface area contributed by atoms with Crippen molar-refractivity contribution in [2.24, 2.45) is 0 Å². The number of fused-ring (bicyclic) bond motifs is 1. The molecular formula is C30H30FN5O. The number of aromatic amines is 1. The van der Waals surface area contributed by atoms with E-state index in [-0.39, 0.29) is 11.6 Å². The lowest BCUT2D eigenvalue weighted by atomic mass is 10.1. The highest BCUT2D eigenvalue weighted by Crippen LogP contribution is 2.32. The van der Waals surface area contributed by atoms with Crippen LogP contribution in [0.1, 0.15) is 23.5 Å². The van der Waals surface area contributed by atoms with Gasteiger partial charge in [0.25, 0.3) is 0 Å².